The number of nitrogens with one attached hydrogen (secondary N) is 2. The molecule has 0 aliphatic carbocycles. The van der Waals surface area contributed by atoms with Crippen LogP contribution < -0.4 is 20.1 Å². The lowest BCUT2D eigenvalue weighted by Crippen LogP contribution is -2.28. The molecule has 1 aromatic rings. The third kappa shape index (κ3) is 4.02. The Bertz CT molecular complexity index is 480. The second-order valence-electron chi connectivity index (χ2n) is 4.56. The summed E-state index contributed by atoms with van der Waals surface area (Å²) in [6.07, 6.45) is 1.19. The molecular formula is C14H19ClN2O3. The highest BCUT2D eigenvalue weighted by atomic mass is 35.5. The highest BCUT2D eigenvalue weighted by Crippen LogP contribution is 2.38. The molecule has 0 aromatic heterocycles. The van der Waals surface area contributed by atoms with Crippen molar-refractivity contribution >= 4 is 17.5 Å². The topological polar surface area (TPSA) is 59.6 Å². The van der Waals surface area contributed by atoms with Crippen LogP contribution in [0.2, 0.25) is 5.02 Å². The van der Waals surface area contributed by atoms with Gasteiger partial charge in [-0.1, -0.05) is 11.6 Å². The first kappa shape index (κ1) is 14.9. The molecule has 1 aliphatic heterocycles. The van der Waals surface area contributed by atoms with Gasteiger partial charge in [-0.05, 0) is 31.2 Å². The average molecular weight is 299 g/mol. The lowest BCUT2D eigenvalue weighted by Gasteiger charge is -2.20. The van der Waals surface area contributed by atoms with E-state index in [0.717, 1.165) is 5.56 Å². The maximum absolute atomic E-state index is 11.5. The number of hydrogen-bond acceptors (Lipinski definition) is 4. The van der Waals surface area contributed by atoms with Gasteiger partial charge in [-0.15, -0.1) is 0 Å². The van der Waals surface area contributed by atoms with E-state index < -0.39 is 0 Å². The monoisotopic (exact) mass is 298 g/mol. The summed E-state index contributed by atoms with van der Waals surface area (Å²) in [4.78, 5) is 11.5. The molecular weight excluding hydrogens is 280 g/mol. The van der Waals surface area contributed by atoms with Crippen LogP contribution in [0.3, 0.4) is 0 Å². The predicted molar refractivity (Wildman–Crippen MR) is 77.7 cm³/mol. The van der Waals surface area contributed by atoms with Gasteiger partial charge < -0.3 is 20.1 Å². The van der Waals surface area contributed by atoms with Gasteiger partial charge in [0.1, 0.15) is 13.2 Å². The summed E-state index contributed by atoms with van der Waals surface area (Å²) < 4.78 is 11.0. The molecule has 0 bridgehead atoms. The fraction of sp³-hybridized carbons (Fsp3) is 0.500. The molecule has 20 heavy (non-hydrogen) atoms. The number of carbonyl (C=O) groups is 1. The Morgan fingerprint density at radius 1 is 1.30 bits per heavy atom. The molecule has 1 aliphatic rings. The molecule has 0 saturated carbocycles. The van der Waals surface area contributed by atoms with Crippen LogP contribution in [-0.2, 0) is 11.2 Å². The summed E-state index contributed by atoms with van der Waals surface area (Å²) in [5.41, 5.74) is 1.02. The molecule has 1 heterocycles. The van der Waals surface area contributed by atoms with Gasteiger partial charge >= 0.3 is 0 Å². The summed E-state index contributed by atoms with van der Waals surface area (Å²) in [5.74, 6) is 1.34. The van der Waals surface area contributed by atoms with Crippen molar-refractivity contribution in [3.05, 3.63) is 22.7 Å². The summed E-state index contributed by atoms with van der Waals surface area (Å²) in [6.45, 7) is 2.32. The first-order chi connectivity index (χ1) is 9.70. The molecule has 0 saturated heterocycles. The van der Waals surface area contributed by atoms with Crippen LogP contribution in [0.25, 0.3) is 0 Å². The zero-order valence-electron chi connectivity index (χ0n) is 11.5. The molecule has 2 rings (SSSR count). The molecule has 1 aromatic carbocycles. The van der Waals surface area contributed by atoms with E-state index in [1.54, 1.807) is 0 Å². The number of carbonyl (C=O) groups excluding carboxylic acids is 1. The molecule has 0 unspecified atom stereocenters. The van der Waals surface area contributed by atoms with Crippen molar-refractivity contribution in [3.8, 4) is 11.5 Å². The number of amides is 1. The molecule has 6 heteroatoms. The number of ether oxygens (including phenoxy) is 2. The van der Waals surface area contributed by atoms with Gasteiger partial charge in [0, 0.05) is 19.5 Å². The molecule has 0 radical (unpaired) electrons. The fourth-order valence-corrected chi connectivity index (χ4v) is 2.27. The number of hydrogen-bond donors (Lipinski definition) is 2. The van der Waals surface area contributed by atoms with Gasteiger partial charge in [0.25, 0.3) is 0 Å². The zero-order valence-corrected chi connectivity index (χ0v) is 12.3. The highest BCUT2D eigenvalue weighted by Gasteiger charge is 2.16. The Kier molecular flexibility index (Phi) is 5.49. The van der Waals surface area contributed by atoms with Crippen molar-refractivity contribution in [1.82, 2.24) is 10.6 Å². The molecule has 0 atom stereocenters. The van der Waals surface area contributed by atoms with E-state index in [0.29, 0.717) is 55.7 Å². The van der Waals surface area contributed by atoms with Crippen molar-refractivity contribution in [2.24, 2.45) is 0 Å². The molecule has 1 amide bonds. The van der Waals surface area contributed by atoms with Gasteiger partial charge in [0.2, 0.25) is 5.91 Å². The molecule has 0 spiro atoms. The molecule has 110 valence electrons. The summed E-state index contributed by atoms with van der Waals surface area (Å²) in [5, 5.41) is 6.37. The quantitative estimate of drug-likeness (QED) is 0.833. The summed E-state index contributed by atoms with van der Waals surface area (Å²) in [7, 11) is 1.82. The Morgan fingerprint density at radius 3 is 2.90 bits per heavy atom. The van der Waals surface area contributed by atoms with Gasteiger partial charge in [-0.2, -0.15) is 0 Å². The van der Waals surface area contributed by atoms with Gasteiger partial charge in [0.15, 0.2) is 11.5 Å². The SMILES string of the molecule is CNCCC(=O)NCCc1cc(Cl)c2c(c1)OCCO2. The van der Waals surface area contributed by atoms with Crippen LogP contribution in [0.15, 0.2) is 12.1 Å². The maximum atomic E-state index is 11.5. The van der Waals surface area contributed by atoms with Gasteiger partial charge in [-0.25, -0.2) is 0 Å². The predicted octanol–water partition coefficient (Wildman–Crippen LogP) is 1.38. The third-order valence-corrected chi connectivity index (χ3v) is 3.28. The van der Waals surface area contributed by atoms with Crippen LogP contribution in [0.4, 0.5) is 0 Å². The van der Waals surface area contributed by atoms with Crippen LogP contribution in [0.5, 0.6) is 11.5 Å². The van der Waals surface area contributed by atoms with E-state index in [2.05, 4.69) is 10.6 Å². The Labute approximate surface area is 123 Å². The lowest BCUT2D eigenvalue weighted by atomic mass is 10.1. The second-order valence-corrected chi connectivity index (χ2v) is 4.96. The molecule has 0 fully saturated rings. The minimum absolute atomic E-state index is 0.0444. The van der Waals surface area contributed by atoms with E-state index in [4.69, 9.17) is 21.1 Å². The number of halogens is 1. The standard InChI is InChI=1S/C14H19ClN2O3/c1-16-4-3-13(18)17-5-2-10-8-11(15)14-12(9-10)19-6-7-20-14/h8-9,16H,2-7H2,1H3,(H,17,18). The number of rotatable bonds is 6. The van der Waals surface area contributed by atoms with Crippen molar-refractivity contribution in [2.75, 3.05) is 33.4 Å². The number of benzene rings is 1. The molecule has 2 N–H and O–H groups in total. The second kappa shape index (κ2) is 7.36. The van der Waals surface area contributed by atoms with E-state index in [-0.39, 0.29) is 5.91 Å². The Morgan fingerprint density at radius 2 is 2.10 bits per heavy atom. The van der Waals surface area contributed by atoms with E-state index in [1.807, 2.05) is 19.2 Å². The van der Waals surface area contributed by atoms with Gasteiger partial charge in [0.05, 0.1) is 5.02 Å². The summed E-state index contributed by atoms with van der Waals surface area (Å²) in [6, 6.07) is 3.77. The van der Waals surface area contributed by atoms with Crippen molar-refractivity contribution < 1.29 is 14.3 Å². The van der Waals surface area contributed by atoms with Gasteiger partial charge in [-0.3, -0.25) is 4.79 Å². The van der Waals surface area contributed by atoms with Crippen LogP contribution in [-0.4, -0.2) is 39.3 Å². The minimum atomic E-state index is 0.0444. The van der Waals surface area contributed by atoms with Crippen LogP contribution in [0, 0.1) is 0 Å². The Hall–Kier alpha value is -1.46. The fourth-order valence-electron chi connectivity index (χ4n) is 1.98. The van der Waals surface area contributed by atoms with Crippen molar-refractivity contribution in [2.45, 2.75) is 12.8 Å². The van der Waals surface area contributed by atoms with E-state index in [9.17, 15) is 4.79 Å². The lowest BCUT2D eigenvalue weighted by molar-refractivity contribution is -0.120. The normalized spacial score (nSPS) is 13.1. The number of fused-ring (bicyclic) bond motifs is 1. The third-order valence-electron chi connectivity index (χ3n) is 2.99. The minimum Gasteiger partial charge on any atom is -0.486 e. The first-order valence-electron chi connectivity index (χ1n) is 6.70. The highest BCUT2D eigenvalue weighted by molar-refractivity contribution is 6.32. The summed E-state index contributed by atoms with van der Waals surface area (Å²) >= 11 is 6.16. The van der Waals surface area contributed by atoms with Crippen molar-refractivity contribution in [1.29, 1.82) is 0 Å². The maximum Gasteiger partial charge on any atom is 0.221 e. The zero-order chi connectivity index (χ0) is 14.4. The molecule has 5 nitrogen and oxygen atoms in total. The van der Waals surface area contributed by atoms with Crippen LogP contribution >= 0.6 is 11.6 Å². The average Bonchev–Trinajstić information content (AvgIpc) is 2.45. The Balaban J connectivity index is 1.87. The van der Waals surface area contributed by atoms with E-state index >= 15 is 0 Å². The van der Waals surface area contributed by atoms with E-state index in [1.165, 1.54) is 0 Å². The first-order valence-corrected chi connectivity index (χ1v) is 7.08. The largest absolute Gasteiger partial charge is 0.486 e. The van der Waals surface area contributed by atoms with Crippen molar-refractivity contribution in [3.63, 3.8) is 0 Å². The smallest absolute Gasteiger partial charge is 0.221 e. The van der Waals surface area contributed by atoms with Crippen LogP contribution in [0.1, 0.15) is 12.0 Å².